The number of hydrogen-bond acceptors (Lipinski definition) is 6. The summed E-state index contributed by atoms with van der Waals surface area (Å²) < 4.78 is 8.37. The molecule has 5 rings (SSSR count). The molecule has 0 saturated carbocycles. The summed E-state index contributed by atoms with van der Waals surface area (Å²) in [5.74, 6) is -1.12. The van der Waals surface area contributed by atoms with Crippen molar-refractivity contribution >= 4 is 28.8 Å². The summed E-state index contributed by atoms with van der Waals surface area (Å²) in [7, 11) is 1.96. The number of oxazole rings is 1. The average molecular weight is 615 g/mol. The van der Waals surface area contributed by atoms with Gasteiger partial charge in [0.25, 0.3) is 5.91 Å². The lowest BCUT2D eigenvalue weighted by Crippen LogP contribution is -2.43. The molecule has 1 saturated heterocycles. The highest BCUT2D eigenvalue weighted by Crippen LogP contribution is 2.29. The molecule has 0 bridgehead atoms. The molecule has 3 aromatic heterocycles. The number of carbonyl (C=O) groups is 3. The van der Waals surface area contributed by atoms with Crippen molar-refractivity contribution in [1.29, 1.82) is 0 Å². The van der Waals surface area contributed by atoms with Crippen molar-refractivity contribution in [1.82, 2.24) is 30.1 Å². The van der Waals surface area contributed by atoms with Crippen LogP contribution in [0.1, 0.15) is 85.4 Å². The van der Waals surface area contributed by atoms with Crippen LogP contribution in [0.3, 0.4) is 0 Å². The van der Waals surface area contributed by atoms with Crippen molar-refractivity contribution in [3.8, 4) is 0 Å². The highest BCUT2D eigenvalue weighted by Gasteiger charge is 2.31. The third-order valence-electron chi connectivity index (χ3n) is 8.20. The Morgan fingerprint density at radius 3 is 2.42 bits per heavy atom. The number of rotatable bonds is 11. The van der Waals surface area contributed by atoms with Gasteiger partial charge in [-0.2, -0.15) is 0 Å². The predicted molar refractivity (Wildman–Crippen MR) is 170 cm³/mol. The first-order valence-corrected chi connectivity index (χ1v) is 15.7. The molecule has 0 aliphatic carbocycles. The number of aliphatic carboxylic acids is 1. The number of amides is 3. The first-order valence-electron chi connectivity index (χ1n) is 15.7. The maximum absolute atomic E-state index is 13.8. The van der Waals surface area contributed by atoms with Crippen LogP contribution < -0.4 is 10.6 Å². The number of carboxylic acids is 1. The van der Waals surface area contributed by atoms with Crippen LogP contribution in [0, 0.1) is 5.92 Å². The largest absolute Gasteiger partial charge is 0.480 e. The van der Waals surface area contributed by atoms with E-state index in [0.717, 1.165) is 42.1 Å². The van der Waals surface area contributed by atoms with Gasteiger partial charge in [-0.15, -0.1) is 0 Å². The number of likely N-dealkylation sites (tertiary alicyclic amines) is 1. The molecule has 2 atom stereocenters. The number of nitrogens with zero attached hydrogens (tertiary/aromatic N) is 4. The van der Waals surface area contributed by atoms with Gasteiger partial charge >= 0.3 is 12.0 Å². The molecule has 1 aromatic carbocycles. The van der Waals surface area contributed by atoms with Gasteiger partial charge in [-0.3, -0.25) is 9.78 Å². The molecule has 11 heteroatoms. The molecule has 45 heavy (non-hydrogen) atoms. The first-order chi connectivity index (χ1) is 21.7. The number of para-hydroxylation sites is 1. The lowest BCUT2D eigenvalue weighted by molar-refractivity contribution is -0.139. The number of pyridine rings is 1. The Kier molecular flexibility index (Phi) is 10.2. The smallest absolute Gasteiger partial charge is 0.326 e. The quantitative estimate of drug-likeness (QED) is 0.209. The number of carbonyl (C=O) groups excluding carboxylic acids is 2. The van der Waals surface area contributed by atoms with Crippen LogP contribution >= 0.6 is 0 Å². The Morgan fingerprint density at radius 2 is 1.73 bits per heavy atom. The first kappa shape index (κ1) is 31.7. The van der Waals surface area contributed by atoms with Crippen molar-refractivity contribution in [2.75, 3.05) is 13.1 Å². The van der Waals surface area contributed by atoms with E-state index in [1.54, 1.807) is 24.4 Å². The topological polar surface area (TPSA) is 143 Å². The van der Waals surface area contributed by atoms with Crippen LogP contribution in [-0.4, -0.2) is 61.6 Å². The molecule has 238 valence electrons. The molecule has 4 heterocycles. The van der Waals surface area contributed by atoms with Crippen molar-refractivity contribution in [3.63, 3.8) is 0 Å². The molecule has 3 N–H and O–H groups in total. The van der Waals surface area contributed by atoms with Crippen LogP contribution in [0.15, 0.2) is 59.3 Å². The standard InChI is InChI=1S/C34H42N6O5/c1-22(2)18-26(37-34(44)40-16-10-4-5-11-17-40)32-38-30(31(41)36-27(33(42)43)20-24-12-8-9-15-35-24)29(45-32)19-23-21-39(3)28-14-7-6-13-25(23)28/h6-9,12-15,21-22,26-27H,4-5,10-11,16-20H2,1-3H3,(H,36,41)(H,37,44)(H,42,43)/t26-,27+/m0/s1. The van der Waals surface area contributed by atoms with Crippen LogP contribution in [0.4, 0.5) is 4.79 Å². The second kappa shape index (κ2) is 14.4. The molecule has 11 nitrogen and oxygen atoms in total. The Bertz CT molecular complexity index is 1620. The molecule has 1 aliphatic rings. The summed E-state index contributed by atoms with van der Waals surface area (Å²) in [5.41, 5.74) is 2.50. The zero-order valence-corrected chi connectivity index (χ0v) is 26.2. The number of urea groups is 1. The van der Waals surface area contributed by atoms with E-state index in [9.17, 15) is 19.5 Å². The van der Waals surface area contributed by atoms with Gasteiger partial charge in [-0.05, 0) is 48.9 Å². The second-order valence-corrected chi connectivity index (χ2v) is 12.2. The molecule has 1 fully saturated rings. The SMILES string of the molecule is CC(C)C[C@H](NC(=O)N1CCCCCC1)c1nc(C(=O)N[C@H](Cc2ccccn2)C(=O)O)c(Cc2cn(C)c3ccccc23)o1. The third kappa shape index (κ3) is 7.89. The fraction of sp³-hybridized carbons (Fsp3) is 0.441. The minimum absolute atomic E-state index is 0.00276. The van der Waals surface area contributed by atoms with Crippen LogP contribution in [-0.2, 0) is 24.7 Å². The van der Waals surface area contributed by atoms with Gasteiger partial charge in [0.05, 0.1) is 0 Å². The van der Waals surface area contributed by atoms with Gasteiger partial charge in [-0.25, -0.2) is 14.6 Å². The zero-order chi connectivity index (χ0) is 31.9. The molecular formula is C34H42N6O5. The van der Waals surface area contributed by atoms with Crippen LogP contribution in [0.5, 0.6) is 0 Å². The zero-order valence-electron chi connectivity index (χ0n) is 26.2. The Hall–Kier alpha value is -4.67. The highest BCUT2D eigenvalue weighted by molar-refractivity contribution is 5.96. The van der Waals surface area contributed by atoms with Gasteiger partial charge in [0.2, 0.25) is 5.89 Å². The van der Waals surface area contributed by atoms with Gasteiger partial charge in [0, 0.05) is 62.0 Å². The molecule has 0 radical (unpaired) electrons. The number of hydrogen-bond donors (Lipinski definition) is 3. The Labute approximate surface area is 263 Å². The van der Waals surface area contributed by atoms with Crippen LogP contribution in [0.2, 0.25) is 0 Å². The van der Waals surface area contributed by atoms with E-state index >= 15 is 0 Å². The minimum atomic E-state index is -1.23. The maximum atomic E-state index is 13.8. The molecule has 3 amide bonds. The molecule has 1 aliphatic heterocycles. The minimum Gasteiger partial charge on any atom is -0.480 e. The summed E-state index contributed by atoms with van der Waals surface area (Å²) >= 11 is 0. The highest BCUT2D eigenvalue weighted by atomic mass is 16.4. The number of benzene rings is 1. The van der Waals surface area contributed by atoms with Crippen molar-refractivity contribution < 1.29 is 23.9 Å². The molecule has 0 unspecified atom stereocenters. The summed E-state index contributed by atoms with van der Waals surface area (Å²) in [6, 6.07) is 11.2. The summed E-state index contributed by atoms with van der Waals surface area (Å²) in [6.45, 7) is 5.48. The van der Waals surface area contributed by atoms with Gasteiger partial charge in [0.1, 0.15) is 17.8 Å². The lowest BCUT2D eigenvalue weighted by atomic mass is 10.0. The molecular weight excluding hydrogens is 572 g/mol. The third-order valence-corrected chi connectivity index (χ3v) is 8.20. The molecule has 4 aromatic rings. The average Bonchev–Trinajstić information content (AvgIpc) is 3.44. The van der Waals surface area contributed by atoms with Gasteiger partial charge in [-0.1, -0.05) is 51.0 Å². The Morgan fingerprint density at radius 1 is 1.00 bits per heavy atom. The fourth-order valence-electron chi connectivity index (χ4n) is 5.92. The normalized spacial score (nSPS) is 15.1. The fourth-order valence-corrected chi connectivity index (χ4v) is 5.92. The summed E-state index contributed by atoms with van der Waals surface area (Å²) in [5, 5.41) is 16.7. The van der Waals surface area contributed by atoms with E-state index < -0.39 is 24.0 Å². The lowest BCUT2D eigenvalue weighted by Gasteiger charge is -2.25. The number of fused-ring (bicyclic) bond motifs is 1. The predicted octanol–water partition coefficient (Wildman–Crippen LogP) is 5.25. The second-order valence-electron chi connectivity index (χ2n) is 12.2. The maximum Gasteiger partial charge on any atom is 0.326 e. The van der Waals surface area contributed by atoms with E-state index in [-0.39, 0.29) is 36.4 Å². The van der Waals surface area contributed by atoms with Crippen molar-refractivity contribution in [2.24, 2.45) is 13.0 Å². The summed E-state index contributed by atoms with van der Waals surface area (Å²) in [6.07, 6.45) is 8.51. The monoisotopic (exact) mass is 614 g/mol. The van der Waals surface area contributed by atoms with E-state index in [1.165, 1.54) is 0 Å². The van der Waals surface area contributed by atoms with E-state index in [2.05, 4.69) is 20.6 Å². The van der Waals surface area contributed by atoms with Gasteiger partial charge < -0.3 is 29.6 Å². The molecule has 0 spiro atoms. The van der Waals surface area contributed by atoms with Crippen molar-refractivity contribution in [2.45, 2.75) is 70.9 Å². The van der Waals surface area contributed by atoms with E-state index in [4.69, 9.17) is 4.42 Å². The van der Waals surface area contributed by atoms with E-state index in [1.807, 2.05) is 60.8 Å². The van der Waals surface area contributed by atoms with Crippen molar-refractivity contribution in [3.05, 3.63) is 83.5 Å². The summed E-state index contributed by atoms with van der Waals surface area (Å²) in [4.78, 5) is 50.0. The number of nitrogens with one attached hydrogen (secondary N) is 2. The number of aryl methyl sites for hydroxylation is 1. The number of aromatic nitrogens is 3. The van der Waals surface area contributed by atoms with E-state index in [0.29, 0.717) is 31.0 Å². The van der Waals surface area contributed by atoms with Gasteiger partial charge in [0.15, 0.2) is 5.69 Å². The van der Waals surface area contributed by atoms with Crippen LogP contribution in [0.25, 0.3) is 10.9 Å². The Balaban J connectivity index is 1.48. The number of carboxylic acid groups (broad SMARTS) is 1.